The van der Waals surface area contributed by atoms with Gasteiger partial charge in [-0.2, -0.15) is 0 Å². The minimum absolute atomic E-state index is 0.118. The molecule has 3 aromatic rings. The molecule has 6 heteroatoms. The number of ketones is 1. The van der Waals surface area contributed by atoms with Crippen molar-refractivity contribution >= 4 is 17.9 Å². The van der Waals surface area contributed by atoms with Crippen molar-refractivity contribution in [2.24, 2.45) is 5.92 Å². The normalized spacial score (nSPS) is 20.7. The van der Waals surface area contributed by atoms with E-state index >= 15 is 0 Å². The Bertz CT molecular complexity index is 1350. The third-order valence-corrected chi connectivity index (χ3v) is 7.20. The highest BCUT2D eigenvalue weighted by atomic mass is 16.5. The van der Waals surface area contributed by atoms with Crippen molar-refractivity contribution in [2.45, 2.75) is 19.9 Å². The van der Waals surface area contributed by atoms with Crippen molar-refractivity contribution in [2.75, 3.05) is 26.2 Å². The van der Waals surface area contributed by atoms with Gasteiger partial charge >= 0.3 is 0 Å². The first-order valence-electron chi connectivity index (χ1n) is 12.3. The first-order valence-corrected chi connectivity index (χ1v) is 12.3. The summed E-state index contributed by atoms with van der Waals surface area (Å²) in [5.74, 6) is 1.64. The predicted octanol–water partition coefficient (Wildman–Crippen LogP) is 4.35. The monoisotopic (exact) mass is 468 g/mol. The molecule has 3 aliphatic rings. The first-order chi connectivity index (χ1) is 17.1. The molecule has 3 heterocycles. The van der Waals surface area contributed by atoms with Crippen LogP contribution in [0.3, 0.4) is 0 Å². The van der Waals surface area contributed by atoms with Crippen LogP contribution in [0.5, 0.6) is 11.5 Å². The van der Waals surface area contributed by atoms with Gasteiger partial charge in [-0.1, -0.05) is 43.3 Å². The van der Waals surface area contributed by atoms with Gasteiger partial charge in [0.1, 0.15) is 5.56 Å². The lowest BCUT2D eigenvalue weighted by Gasteiger charge is -2.27. The van der Waals surface area contributed by atoms with Gasteiger partial charge in [0, 0.05) is 44.6 Å². The van der Waals surface area contributed by atoms with Crippen LogP contribution in [0.4, 0.5) is 0 Å². The predicted molar refractivity (Wildman–Crippen MR) is 139 cm³/mol. The maximum absolute atomic E-state index is 13.6. The topological polar surface area (TPSA) is 80.3 Å². The summed E-state index contributed by atoms with van der Waals surface area (Å²) in [7, 11) is 0. The Kier molecular flexibility index (Phi) is 5.55. The van der Waals surface area contributed by atoms with Crippen molar-refractivity contribution < 1.29 is 14.6 Å². The van der Waals surface area contributed by atoms with Crippen LogP contribution in [0.15, 0.2) is 54.4 Å². The summed E-state index contributed by atoms with van der Waals surface area (Å²) in [5.41, 5.74) is 6.34. The summed E-state index contributed by atoms with van der Waals surface area (Å²) in [6.45, 7) is 6.43. The molecule has 35 heavy (non-hydrogen) atoms. The second-order valence-electron chi connectivity index (χ2n) is 9.66. The zero-order valence-corrected chi connectivity index (χ0v) is 19.9. The number of aromatic nitrogens is 1. The first kappa shape index (κ1) is 21.9. The molecule has 1 saturated heterocycles. The molecule has 0 amide bonds. The molecule has 1 fully saturated rings. The number of hydrogen-bond donors (Lipinski definition) is 2. The Labute approximate surface area is 204 Å². The van der Waals surface area contributed by atoms with Gasteiger partial charge in [-0.15, -0.1) is 0 Å². The van der Waals surface area contributed by atoms with Crippen molar-refractivity contribution in [1.29, 1.82) is 0 Å². The largest absolute Gasteiger partial charge is 0.593 e. The Hall–Kier alpha value is -3.61. The van der Waals surface area contributed by atoms with E-state index in [1.54, 1.807) is 0 Å². The average Bonchev–Trinajstić information content (AvgIpc) is 3.42. The van der Waals surface area contributed by atoms with E-state index in [1.165, 1.54) is 5.56 Å². The Morgan fingerprint density at radius 1 is 1.17 bits per heavy atom. The smallest absolute Gasteiger partial charge is 0.270 e. The number of H-pyrrole nitrogens is 1. The van der Waals surface area contributed by atoms with Gasteiger partial charge in [-0.05, 0) is 47.2 Å². The van der Waals surface area contributed by atoms with E-state index in [2.05, 4.69) is 34.3 Å². The minimum atomic E-state index is -0.118. The number of hydrogen-bond acceptors (Lipinski definition) is 4. The van der Waals surface area contributed by atoms with Crippen LogP contribution in [0, 0.1) is 5.92 Å². The quantitative estimate of drug-likeness (QED) is 0.441. The molecule has 6 rings (SSSR count). The molecule has 0 spiro atoms. The number of nitrogens with one attached hydrogen (secondary N) is 2. The number of allylic oxidation sites excluding steroid dienone is 2. The Balaban J connectivity index is 1.43. The summed E-state index contributed by atoms with van der Waals surface area (Å²) in [4.78, 5) is 19.2. The van der Waals surface area contributed by atoms with E-state index in [0.717, 1.165) is 60.5 Å². The number of fused-ring (bicyclic) bond motifs is 2. The molecule has 2 aliphatic heterocycles. The molecule has 0 bridgehead atoms. The van der Waals surface area contributed by atoms with Crippen molar-refractivity contribution in [1.82, 2.24) is 15.2 Å². The zero-order chi connectivity index (χ0) is 23.9. The molecule has 0 saturated carbocycles. The Morgan fingerprint density at radius 3 is 2.77 bits per heavy atom. The average molecular weight is 469 g/mol. The molecule has 6 nitrogen and oxygen atoms in total. The standard InChI is InChI=1S/C29H29N3O3/c1-18-7-8-25-21(13-18)20(16-31-25)14-26-28(34)23-15-22(19-5-3-2-4-6-19)27(33)24(29(23)35-26)17-32-11-9-30-10-12-32/h2-8,14-16,18,30-31,33H,9-13,17H2,1H3/p+1/b26-14-. The third kappa shape index (κ3) is 3.99. The number of Topliss-reactive ketones (excluding diaryl/α,β-unsaturated/α-hetero) is 1. The van der Waals surface area contributed by atoms with Crippen LogP contribution in [0.1, 0.15) is 39.7 Å². The van der Waals surface area contributed by atoms with E-state index in [1.807, 2.05) is 48.7 Å². The van der Waals surface area contributed by atoms with Crippen molar-refractivity contribution in [3.8, 4) is 22.6 Å². The fourth-order valence-corrected chi connectivity index (χ4v) is 5.26. The van der Waals surface area contributed by atoms with Gasteiger partial charge in [0.25, 0.3) is 5.75 Å². The van der Waals surface area contributed by atoms with Crippen LogP contribution in [-0.4, -0.2) is 47.0 Å². The number of carbonyl (C=O) groups is 1. The second kappa shape index (κ2) is 8.87. The number of nitrogens with zero attached hydrogens (tertiary/aromatic N) is 1. The lowest BCUT2D eigenvalue weighted by atomic mass is 9.92. The summed E-state index contributed by atoms with van der Waals surface area (Å²) >= 11 is 0. The highest BCUT2D eigenvalue weighted by Gasteiger charge is 2.36. The maximum atomic E-state index is 13.6. The van der Waals surface area contributed by atoms with Crippen molar-refractivity contribution in [3.05, 3.63) is 82.4 Å². The lowest BCUT2D eigenvalue weighted by Crippen LogP contribution is -2.42. The molecule has 1 atom stereocenters. The van der Waals surface area contributed by atoms with Crippen LogP contribution >= 0.6 is 0 Å². The zero-order valence-electron chi connectivity index (χ0n) is 19.9. The summed E-state index contributed by atoms with van der Waals surface area (Å²) in [5, 5.41) is 12.5. The molecular weight excluding hydrogens is 438 g/mol. The maximum Gasteiger partial charge on any atom is 0.270 e. The Morgan fingerprint density at radius 2 is 1.97 bits per heavy atom. The number of piperazine rings is 1. The van der Waals surface area contributed by atoms with Gasteiger partial charge in [-0.25, -0.2) is 0 Å². The molecule has 4 N–H and O–H groups in total. The molecule has 1 aliphatic carbocycles. The molecular formula is C29H30N3O3+. The van der Waals surface area contributed by atoms with Crippen molar-refractivity contribution in [3.63, 3.8) is 0 Å². The summed E-state index contributed by atoms with van der Waals surface area (Å²) in [6.07, 6.45) is 9.06. The van der Waals surface area contributed by atoms with E-state index < -0.39 is 0 Å². The summed E-state index contributed by atoms with van der Waals surface area (Å²) < 4.78 is 6.27. The summed E-state index contributed by atoms with van der Waals surface area (Å²) in [6, 6.07) is 11.7. The molecule has 2 aromatic carbocycles. The van der Waals surface area contributed by atoms with E-state index in [-0.39, 0.29) is 5.78 Å². The van der Waals surface area contributed by atoms with Gasteiger partial charge < -0.3 is 20.1 Å². The fourth-order valence-electron chi connectivity index (χ4n) is 5.26. The fraction of sp³-hybridized carbons (Fsp3) is 0.276. The van der Waals surface area contributed by atoms with Gasteiger partial charge in [0.15, 0.2) is 11.5 Å². The van der Waals surface area contributed by atoms with Crippen LogP contribution in [-0.2, 0) is 13.0 Å². The van der Waals surface area contributed by atoms with Gasteiger partial charge in [0.2, 0.25) is 5.78 Å². The van der Waals surface area contributed by atoms with Gasteiger partial charge in [-0.3, -0.25) is 9.69 Å². The highest BCUT2D eigenvalue weighted by molar-refractivity contribution is 6.15. The molecule has 1 unspecified atom stereocenters. The molecule has 178 valence electrons. The van der Waals surface area contributed by atoms with Crippen LogP contribution in [0.25, 0.3) is 23.3 Å². The number of benzene rings is 2. The number of rotatable bonds is 4. The lowest BCUT2D eigenvalue weighted by molar-refractivity contribution is 0.101. The van der Waals surface area contributed by atoms with Crippen LogP contribution < -0.4 is 10.1 Å². The second-order valence-corrected chi connectivity index (χ2v) is 9.66. The molecule has 0 radical (unpaired) electrons. The van der Waals surface area contributed by atoms with E-state index in [9.17, 15) is 4.79 Å². The number of aromatic amines is 1. The number of carbonyl (C=O) groups excluding carboxylic acids is 1. The molecule has 1 aromatic heterocycles. The van der Waals surface area contributed by atoms with Crippen LogP contribution in [0.2, 0.25) is 0 Å². The van der Waals surface area contributed by atoms with E-state index in [4.69, 9.17) is 9.84 Å². The minimum Gasteiger partial charge on any atom is -0.593 e. The third-order valence-electron chi connectivity index (χ3n) is 7.20. The van der Waals surface area contributed by atoms with E-state index in [0.29, 0.717) is 35.3 Å². The highest BCUT2D eigenvalue weighted by Crippen LogP contribution is 2.46. The van der Waals surface area contributed by atoms with Gasteiger partial charge in [0.05, 0.1) is 11.1 Å². The number of ether oxygens (including phenoxy) is 1. The SMILES string of the molecule is CC1C=Cc2[nH]cc(/C=C3\Oc4c(cc(-c5ccccc5)c([OH2+])c4CN4CCNCC4)C3=O)c2C1.